The average molecular weight is 388 g/mol. The number of carbonyl (C=O) groups excluding carboxylic acids is 1. The lowest BCUT2D eigenvalue weighted by Gasteiger charge is -2.10. The van der Waals surface area contributed by atoms with Crippen LogP contribution in [-0.2, 0) is 6.42 Å². The van der Waals surface area contributed by atoms with Crippen LogP contribution in [0.5, 0.6) is 5.75 Å². The van der Waals surface area contributed by atoms with E-state index >= 15 is 0 Å². The molecule has 0 bridgehead atoms. The Morgan fingerprint density at radius 3 is 2.66 bits per heavy atom. The molecule has 6 heteroatoms. The summed E-state index contributed by atoms with van der Waals surface area (Å²) in [6.07, 6.45) is 2.98. The van der Waals surface area contributed by atoms with E-state index in [0.717, 1.165) is 29.7 Å². The second-order valence-corrected chi connectivity index (χ2v) is 7.10. The standard InChI is InChI=1S/C23H24N4O2/c1-29-19-9-5-6-16(14-19)12-13-24-23(28)20-15-21(25-18-10-11-18)27-22(26-20)17-7-3-2-4-8-17/h2-9,14-15,18H,10-13H2,1H3,(H,24,28)(H,25,26,27). The van der Waals surface area contributed by atoms with Crippen LogP contribution in [0, 0.1) is 0 Å². The Bertz CT molecular complexity index is 987. The summed E-state index contributed by atoms with van der Waals surface area (Å²) in [5.74, 6) is 1.85. The van der Waals surface area contributed by atoms with E-state index in [0.29, 0.717) is 36.3 Å². The van der Waals surface area contributed by atoms with Crippen LogP contribution in [0.25, 0.3) is 11.4 Å². The zero-order chi connectivity index (χ0) is 20.1. The smallest absolute Gasteiger partial charge is 0.270 e. The second-order valence-electron chi connectivity index (χ2n) is 7.10. The molecule has 1 aromatic heterocycles. The highest BCUT2D eigenvalue weighted by Crippen LogP contribution is 2.25. The van der Waals surface area contributed by atoms with Gasteiger partial charge in [-0.15, -0.1) is 0 Å². The number of rotatable bonds is 8. The van der Waals surface area contributed by atoms with Crippen molar-refractivity contribution in [3.05, 3.63) is 71.9 Å². The van der Waals surface area contributed by atoms with Gasteiger partial charge in [0.15, 0.2) is 5.82 Å². The Labute approximate surface area is 170 Å². The van der Waals surface area contributed by atoms with E-state index in [1.165, 1.54) is 0 Å². The fraction of sp³-hybridized carbons (Fsp3) is 0.261. The summed E-state index contributed by atoms with van der Waals surface area (Å²) in [7, 11) is 1.65. The number of aromatic nitrogens is 2. The molecule has 1 fully saturated rings. The summed E-state index contributed by atoms with van der Waals surface area (Å²) in [4.78, 5) is 21.8. The van der Waals surface area contributed by atoms with Gasteiger partial charge in [0.05, 0.1) is 7.11 Å². The Balaban J connectivity index is 1.47. The molecular weight excluding hydrogens is 364 g/mol. The molecule has 3 aromatic rings. The van der Waals surface area contributed by atoms with Crippen molar-refractivity contribution in [1.29, 1.82) is 0 Å². The first-order valence-electron chi connectivity index (χ1n) is 9.83. The molecule has 1 aliphatic carbocycles. The van der Waals surface area contributed by atoms with Crippen molar-refractivity contribution in [2.24, 2.45) is 0 Å². The van der Waals surface area contributed by atoms with Crippen molar-refractivity contribution < 1.29 is 9.53 Å². The van der Waals surface area contributed by atoms with E-state index in [-0.39, 0.29) is 5.91 Å². The maximum absolute atomic E-state index is 12.7. The van der Waals surface area contributed by atoms with Gasteiger partial charge in [-0.3, -0.25) is 4.79 Å². The van der Waals surface area contributed by atoms with Gasteiger partial charge in [-0.1, -0.05) is 42.5 Å². The van der Waals surface area contributed by atoms with E-state index in [1.54, 1.807) is 13.2 Å². The van der Waals surface area contributed by atoms with Gasteiger partial charge < -0.3 is 15.4 Å². The lowest BCUT2D eigenvalue weighted by atomic mass is 10.1. The zero-order valence-corrected chi connectivity index (χ0v) is 16.4. The Morgan fingerprint density at radius 2 is 1.90 bits per heavy atom. The maximum Gasteiger partial charge on any atom is 0.270 e. The van der Waals surface area contributed by atoms with E-state index < -0.39 is 0 Å². The van der Waals surface area contributed by atoms with Crippen LogP contribution in [0.2, 0.25) is 0 Å². The van der Waals surface area contributed by atoms with Crippen LogP contribution >= 0.6 is 0 Å². The molecule has 1 amide bonds. The van der Waals surface area contributed by atoms with E-state index in [1.807, 2.05) is 54.6 Å². The number of amides is 1. The van der Waals surface area contributed by atoms with Crippen molar-refractivity contribution in [1.82, 2.24) is 15.3 Å². The predicted molar refractivity (Wildman–Crippen MR) is 113 cm³/mol. The molecule has 0 unspecified atom stereocenters. The molecule has 0 spiro atoms. The first-order chi connectivity index (χ1) is 14.2. The number of benzene rings is 2. The van der Waals surface area contributed by atoms with Gasteiger partial charge in [0.25, 0.3) is 5.91 Å². The molecule has 4 rings (SSSR count). The fourth-order valence-electron chi connectivity index (χ4n) is 3.03. The van der Waals surface area contributed by atoms with E-state index in [4.69, 9.17) is 4.74 Å². The quantitative estimate of drug-likeness (QED) is 0.615. The maximum atomic E-state index is 12.7. The van der Waals surface area contributed by atoms with Gasteiger partial charge in [0, 0.05) is 24.2 Å². The Morgan fingerprint density at radius 1 is 1.07 bits per heavy atom. The summed E-state index contributed by atoms with van der Waals surface area (Å²) in [6, 6.07) is 19.7. The van der Waals surface area contributed by atoms with E-state index in [2.05, 4.69) is 20.6 Å². The van der Waals surface area contributed by atoms with Crippen molar-refractivity contribution in [2.45, 2.75) is 25.3 Å². The van der Waals surface area contributed by atoms with Crippen molar-refractivity contribution in [3.8, 4) is 17.1 Å². The highest BCUT2D eigenvalue weighted by Gasteiger charge is 2.22. The van der Waals surface area contributed by atoms with Gasteiger partial charge in [0.1, 0.15) is 17.3 Å². The number of anilines is 1. The zero-order valence-electron chi connectivity index (χ0n) is 16.4. The minimum Gasteiger partial charge on any atom is -0.497 e. The third kappa shape index (κ3) is 5.10. The molecule has 1 saturated carbocycles. The molecule has 1 aliphatic rings. The number of methoxy groups -OCH3 is 1. The number of nitrogens with zero attached hydrogens (tertiary/aromatic N) is 2. The molecule has 1 heterocycles. The monoisotopic (exact) mass is 388 g/mol. The van der Waals surface area contributed by atoms with Crippen molar-refractivity contribution >= 4 is 11.7 Å². The summed E-state index contributed by atoms with van der Waals surface area (Å²) in [6.45, 7) is 0.516. The summed E-state index contributed by atoms with van der Waals surface area (Å²) in [5.41, 5.74) is 2.36. The minimum atomic E-state index is -0.202. The van der Waals surface area contributed by atoms with Crippen LogP contribution in [0.3, 0.4) is 0 Å². The third-order valence-corrected chi connectivity index (χ3v) is 4.75. The first kappa shape index (κ1) is 18.9. The molecule has 29 heavy (non-hydrogen) atoms. The third-order valence-electron chi connectivity index (χ3n) is 4.75. The number of carbonyl (C=O) groups is 1. The Kier molecular flexibility index (Phi) is 5.70. The fourth-order valence-corrected chi connectivity index (χ4v) is 3.03. The largest absolute Gasteiger partial charge is 0.497 e. The molecule has 2 aromatic carbocycles. The minimum absolute atomic E-state index is 0.202. The van der Waals surface area contributed by atoms with Gasteiger partial charge in [-0.2, -0.15) is 0 Å². The Hall–Kier alpha value is -3.41. The molecule has 2 N–H and O–H groups in total. The normalized spacial score (nSPS) is 13.0. The van der Waals surface area contributed by atoms with Crippen LogP contribution in [0.4, 0.5) is 5.82 Å². The molecule has 0 saturated heterocycles. The predicted octanol–water partition coefficient (Wildman–Crippen LogP) is 3.70. The van der Waals surface area contributed by atoms with Crippen molar-refractivity contribution in [3.63, 3.8) is 0 Å². The van der Waals surface area contributed by atoms with Crippen LogP contribution in [0.1, 0.15) is 28.9 Å². The molecule has 148 valence electrons. The summed E-state index contributed by atoms with van der Waals surface area (Å²) in [5, 5.41) is 6.33. The highest BCUT2D eigenvalue weighted by atomic mass is 16.5. The lowest BCUT2D eigenvalue weighted by Crippen LogP contribution is -2.27. The molecule has 0 atom stereocenters. The van der Waals surface area contributed by atoms with Gasteiger partial charge in [0.2, 0.25) is 0 Å². The molecule has 0 radical (unpaired) electrons. The summed E-state index contributed by atoms with van der Waals surface area (Å²) >= 11 is 0. The van der Waals surface area contributed by atoms with Crippen LogP contribution in [0.15, 0.2) is 60.7 Å². The van der Waals surface area contributed by atoms with Crippen LogP contribution < -0.4 is 15.4 Å². The summed E-state index contributed by atoms with van der Waals surface area (Å²) < 4.78 is 5.25. The van der Waals surface area contributed by atoms with Gasteiger partial charge in [-0.05, 0) is 37.0 Å². The van der Waals surface area contributed by atoms with Gasteiger partial charge in [-0.25, -0.2) is 9.97 Å². The average Bonchev–Trinajstić information content (AvgIpc) is 3.58. The molecule has 6 nitrogen and oxygen atoms in total. The first-order valence-corrected chi connectivity index (χ1v) is 9.83. The van der Waals surface area contributed by atoms with Gasteiger partial charge >= 0.3 is 0 Å². The molecular formula is C23H24N4O2. The number of hydrogen-bond acceptors (Lipinski definition) is 5. The lowest BCUT2D eigenvalue weighted by molar-refractivity contribution is 0.0949. The van der Waals surface area contributed by atoms with Crippen molar-refractivity contribution in [2.75, 3.05) is 19.0 Å². The van der Waals surface area contributed by atoms with Crippen LogP contribution in [-0.4, -0.2) is 35.6 Å². The number of nitrogens with one attached hydrogen (secondary N) is 2. The second kappa shape index (κ2) is 8.73. The highest BCUT2D eigenvalue weighted by molar-refractivity contribution is 5.93. The number of hydrogen-bond donors (Lipinski definition) is 2. The topological polar surface area (TPSA) is 76.1 Å². The molecule has 0 aliphatic heterocycles. The number of ether oxygens (including phenoxy) is 1. The SMILES string of the molecule is COc1cccc(CCNC(=O)c2cc(NC3CC3)nc(-c3ccccc3)n2)c1. The van der Waals surface area contributed by atoms with E-state index in [9.17, 15) is 4.79 Å².